The van der Waals surface area contributed by atoms with Crippen molar-refractivity contribution >= 4 is 39.4 Å². The Morgan fingerprint density at radius 1 is 1.03 bits per heavy atom. The van der Waals surface area contributed by atoms with Gasteiger partial charge in [-0.15, -0.1) is 0 Å². The predicted octanol–water partition coefficient (Wildman–Crippen LogP) is 4.46. The van der Waals surface area contributed by atoms with E-state index in [0.29, 0.717) is 28.7 Å². The highest BCUT2D eigenvalue weighted by Crippen LogP contribution is 2.25. The third-order valence-corrected chi connectivity index (χ3v) is 6.27. The molecule has 1 aliphatic carbocycles. The van der Waals surface area contributed by atoms with Crippen LogP contribution in [0.25, 0.3) is 33.2 Å². The van der Waals surface area contributed by atoms with Gasteiger partial charge in [0.2, 0.25) is 0 Å². The zero-order valence-electron chi connectivity index (χ0n) is 18.6. The number of para-hydroxylation sites is 2. The van der Waals surface area contributed by atoms with Crippen molar-refractivity contribution in [2.75, 3.05) is 0 Å². The van der Waals surface area contributed by atoms with Crippen molar-refractivity contribution < 1.29 is 0 Å². The number of rotatable bonds is 5. The summed E-state index contributed by atoms with van der Waals surface area (Å²) in [4.78, 5) is 32.0. The van der Waals surface area contributed by atoms with Gasteiger partial charge in [0, 0.05) is 24.5 Å². The van der Waals surface area contributed by atoms with Crippen molar-refractivity contribution in [3.05, 3.63) is 82.7 Å². The van der Waals surface area contributed by atoms with Crippen LogP contribution in [0.15, 0.2) is 76.7 Å². The van der Waals surface area contributed by atoms with Crippen LogP contribution in [-0.4, -0.2) is 35.4 Å². The van der Waals surface area contributed by atoms with Gasteiger partial charge in [0.15, 0.2) is 11.3 Å². The molecule has 0 atom stereocenters. The quantitative estimate of drug-likeness (QED) is 0.292. The van der Waals surface area contributed by atoms with Crippen LogP contribution >= 0.6 is 0 Å². The van der Waals surface area contributed by atoms with E-state index >= 15 is 0 Å². The highest BCUT2D eigenvalue weighted by molar-refractivity contribution is 6.04. The fourth-order valence-corrected chi connectivity index (χ4v) is 4.50. The number of allylic oxidation sites excluding steroid dienone is 2. The lowest BCUT2D eigenvalue weighted by atomic mass is 9.97. The van der Waals surface area contributed by atoms with E-state index < -0.39 is 0 Å². The molecule has 4 aromatic heterocycles. The van der Waals surface area contributed by atoms with E-state index in [2.05, 4.69) is 21.1 Å². The molecule has 0 aliphatic heterocycles. The minimum absolute atomic E-state index is 0.119. The number of hydrogen-bond donors (Lipinski definition) is 0. The molecule has 1 aromatic carbocycles. The first-order chi connectivity index (χ1) is 16.8. The molecule has 4 heterocycles. The number of benzene rings is 1. The van der Waals surface area contributed by atoms with Gasteiger partial charge in [0.05, 0.1) is 23.6 Å². The SMILES string of the molecule is O=c1c2c3nc4ccccc4nc3n(/N=C/c3cccnc3)c2ncn1CCC1=CCCCC1. The minimum atomic E-state index is -0.119. The maximum Gasteiger partial charge on any atom is 0.265 e. The van der Waals surface area contributed by atoms with Gasteiger partial charge < -0.3 is 0 Å². The first kappa shape index (κ1) is 20.4. The lowest BCUT2D eigenvalue weighted by Gasteiger charge is -2.13. The fraction of sp³-hybridized carbons (Fsp3) is 0.231. The van der Waals surface area contributed by atoms with Crippen LogP contribution in [0.1, 0.15) is 37.7 Å². The van der Waals surface area contributed by atoms with E-state index in [0.717, 1.165) is 35.9 Å². The Kier molecular flexibility index (Phi) is 5.18. The molecular formula is C26H23N7O. The van der Waals surface area contributed by atoms with Crippen LogP contribution in [0.4, 0.5) is 0 Å². The first-order valence-corrected chi connectivity index (χ1v) is 11.6. The molecule has 0 unspecified atom stereocenters. The molecule has 5 aromatic rings. The monoisotopic (exact) mass is 449 g/mol. The molecule has 0 saturated heterocycles. The zero-order chi connectivity index (χ0) is 22.9. The lowest BCUT2D eigenvalue weighted by Crippen LogP contribution is -2.21. The topological polar surface area (TPSA) is 90.8 Å². The average molecular weight is 450 g/mol. The van der Waals surface area contributed by atoms with E-state index in [4.69, 9.17) is 9.97 Å². The van der Waals surface area contributed by atoms with Gasteiger partial charge in [-0.25, -0.2) is 15.0 Å². The molecule has 8 nitrogen and oxygen atoms in total. The van der Waals surface area contributed by atoms with Crippen LogP contribution in [-0.2, 0) is 6.54 Å². The molecule has 0 spiro atoms. The van der Waals surface area contributed by atoms with Crippen LogP contribution in [0.5, 0.6) is 0 Å². The van der Waals surface area contributed by atoms with Crippen LogP contribution in [0.2, 0.25) is 0 Å². The zero-order valence-corrected chi connectivity index (χ0v) is 18.6. The largest absolute Gasteiger partial charge is 0.298 e. The summed E-state index contributed by atoms with van der Waals surface area (Å²) in [5.41, 5.74) is 5.07. The van der Waals surface area contributed by atoms with E-state index in [1.165, 1.54) is 18.4 Å². The number of aryl methyl sites for hydroxylation is 1. The second-order valence-corrected chi connectivity index (χ2v) is 8.53. The third kappa shape index (κ3) is 3.67. The summed E-state index contributed by atoms with van der Waals surface area (Å²) < 4.78 is 3.29. The molecule has 34 heavy (non-hydrogen) atoms. The molecule has 1 aliphatic rings. The van der Waals surface area contributed by atoms with Gasteiger partial charge in [-0.05, 0) is 50.3 Å². The molecule has 0 saturated carbocycles. The number of nitrogens with zero attached hydrogens (tertiary/aromatic N) is 7. The molecule has 0 fully saturated rings. The first-order valence-electron chi connectivity index (χ1n) is 11.6. The van der Waals surface area contributed by atoms with Gasteiger partial charge >= 0.3 is 0 Å². The summed E-state index contributed by atoms with van der Waals surface area (Å²) >= 11 is 0. The minimum Gasteiger partial charge on any atom is -0.298 e. The van der Waals surface area contributed by atoms with Gasteiger partial charge in [0.25, 0.3) is 5.56 Å². The van der Waals surface area contributed by atoms with E-state index in [1.54, 1.807) is 34.2 Å². The van der Waals surface area contributed by atoms with Crippen LogP contribution in [0, 0.1) is 0 Å². The maximum absolute atomic E-state index is 13.6. The Morgan fingerprint density at radius 2 is 1.91 bits per heavy atom. The number of hydrogen-bond acceptors (Lipinski definition) is 6. The average Bonchev–Trinajstić information content (AvgIpc) is 3.20. The smallest absolute Gasteiger partial charge is 0.265 e. The highest BCUT2D eigenvalue weighted by atomic mass is 16.1. The second-order valence-electron chi connectivity index (χ2n) is 8.53. The van der Waals surface area contributed by atoms with E-state index in [9.17, 15) is 4.79 Å². The van der Waals surface area contributed by atoms with Gasteiger partial charge in [-0.2, -0.15) is 9.78 Å². The second kappa shape index (κ2) is 8.62. The van der Waals surface area contributed by atoms with E-state index in [1.807, 2.05) is 36.4 Å². The molecule has 6 rings (SSSR count). The number of fused-ring (bicyclic) bond motifs is 4. The van der Waals surface area contributed by atoms with E-state index in [-0.39, 0.29) is 5.56 Å². The van der Waals surface area contributed by atoms with Crippen molar-refractivity contribution in [1.82, 2.24) is 29.2 Å². The van der Waals surface area contributed by atoms with Crippen molar-refractivity contribution in [3.63, 3.8) is 0 Å². The predicted molar refractivity (Wildman–Crippen MR) is 133 cm³/mol. The normalized spacial score (nSPS) is 14.4. The Morgan fingerprint density at radius 3 is 2.71 bits per heavy atom. The van der Waals surface area contributed by atoms with Crippen molar-refractivity contribution in [1.29, 1.82) is 0 Å². The summed E-state index contributed by atoms with van der Waals surface area (Å²) in [7, 11) is 0. The van der Waals surface area contributed by atoms with Gasteiger partial charge in [-0.1, -0.05) is 29.8 Å². The molecule has 0 amide bonds. The number of pyridine rings is 1. The van der Waals surface area contributed by atoms with Crippen molar-refractivity contribution in [3.8, 4) is 0 Å². The summed E-state index contributed by atoms with van der Waals surface area (Å²) in [5, 5.41) is 5.06. The number of aromatic nitrogens is 6. The van der Waals surface area contributed by atoms with Crippen LogP contribution < -0.4 is 5.56 Å². The van der Waals surface area contributed by atoms with Crippen molar-refractivity contribution in [2.24, 2.45) is 5.10 Å². The standard InChI is InChI=1S/C26H23N7O/c34-26-22-23-25(31-21-11-5-4-10-20(21)30-23)33(29-16-19-9-6-13-27-15-19)24(22)28-17-32(26)14-12-18-7-2-1-3-8-18/h4-7,9-11,13,15-17H,1-3,8,12,14H2/b29-16+. The Labute approximate surface area is 195 Å². The molecule has 0 radical (unpaired) electrons. The Bertz CT molecular complexity index is 1630. The summed E-state index contributed by atoms with van der Waals surface area (Å²) in [6.07, 6.45) is 14.6. The van der Waals surface area contributed by atoms with Gasteiger partial charge in [-0.3, -0.25) is 14.3 Å². The molecule has 0 bridgehead atoms. The summed E-state index contributed by atoms with van der Waals surface area (Å²) in [6.45, 7) is 0.597. The highest BCUT2D eigenvalue weighted by Gasteiger charge is 2.20. The third-order valence-electron chi connectivity index (χ3n) is 6.27. The molecule has 168 valence electrons. The Hall–Kier alpha value is -4.20. The Balaban J connectivity index is 1.52. The molecular weight excluding hydrogens is 426 g/mol. The lowest BCUT2D eigenvalue weighted by molar-refractivity contribution is 0.610. The fourth-order valence-electron chi connectivity index (χ4n) is 4.50. The van der Waals surface area contributed by atoms with Crippen LogP contribution in [0.3, 0.4) is 0 Å². The molecule has 0 N–H and O–H groups in total. The van der Waals surface area contributed by atoms with Gasteiger partial charge in [0.1, 0.15) is 10.9 Å². The maximum atomic E-state index is 13.6. The summed E-state index contributed by atoms with van der Waals surface area (Å²) in [5.74, 6) is 0. The molecule has 8 heteroatoms. The summed E-state index contributed by atoms with van der Waals surface area (Å²) in [6, 6.07) is 11.4. The van der Waals surface area contributed by atoms with Crippen molar-refractivity contribution in [2.45, 2.75) is 38.6 Å².